The summed E-state index contributed by atoms with van der Waals surface area (Å²) in [6.07, 6.45) is 0. The Morgan fingerprint density at radius 3 is 2.00 bits per heavy atom. The minimum absolute atomic E-state index is 1.04. The van der Waals surface area contributed by atoms with Crippen molar-refractivity contribution >= 4 is 5.82 Å². The van der Waals surface area contributed by atoms with E-state index in [9.17, 15) is 0 Å². The first-order chi connectivity index (χ1) is 7.58. The highest BCUT2D eigenvalue weighted by molar-refractivity contribution is 5.44. The number of hydrogen-bond acceptors (Lipinski definition) is 4. The molecule has 0 atom stereocenters. The third kappa shape index (κ3) is 2.16. The number of hydrogen-bond donors (Lipinski definition) is 0. The zero-order valence-electron chi connectivity index (χ0n) is 10.6. The summed E-state index contributed by atoms with van der Waals surface area (Å²) >= 11 is 0. The van der Waals surface area contributed by atoms with Gasteiger partial charge in [0.2, 0.25) is 0 Å². The standard InChI is InChI=1S/C12H20N4/c1-9-10(2)14-12(11(3)13-9)16-7-5-15(4)6-8-16/h5-8H2,1-4H3. The van der Waals surface area contributed by atoms with Crippen molar-refractivity contribution in [3.05, 3.63) is 17.1 Å². The van der Waals surface area contributed by atoms with Crippen molar-refractivity contribution in [2.75, 3.05) is 38.1 Å². The zero-order chi connectivity index (χ0) is 11.7. The summed E-state index contributed by atoms with van der Waals surface area (Å²) in [5.74, 6) is 1.07. The lowest BCUT2D eigenvalue weighted by Crippen LogP contribution is -2.45. The maximum atomic E-state index is 4.67. The molecule has 0 N–H and O–H groups in total. The van der Waals surface area contributed by atoms with Crippen LogP contribution in [-0.2, 0) is 0 Å². The van der Waals surface area contributed by atoms with Gasteiger partial charge in [-0.25, -0.2) is 4.98 Å². The fraction of sp³-hybridized carbons (Fsp3) is 0.667. The maximum Gasteiger partial charge on any atom is 0.150 e. The first-order valence-electron chi connectivity index (χ1n) is 5.83. The molecular formula is C12H20N4. The summed E-state index contributed by atoms with van der Waals surface area (Å²) < 4.78 is 0. The normalized spacial score (nSPS) is 17.9. The number of piperazine rings is 1. The molecule has 0 spiro atoms. The molecule has 1 fully saturated rings. The Bertz CT molecular complexity index is 381. The smallest absolute Gasteiger partial charge is 0.150 e. The molecule has 0 bridgehead atoms. The highest BCUT2D eigenvalue weighted by Crippen LogP contribution is 2.18. The van der Waals surface area contributed by atoms with Gasteiger partial charge in [0.05, 0.1) is 17.1 Å². The Balaban J connectivity index is 2.23. The van der Waals surface area contributed by atoms with Gasteiger partial charge in [-0.15, -0.1) is 0 Å². The molecule has 1 saturated heterocycles. The van der Waals surface area contributed by atoms with Crippen LogP contribution in [0.25, 0.3) is 0 Å². The van der Waals surface area contributed by atoms with E-state index in [1.165, 1.54) is 0 Å². The SMILES string of the molecule is Cc1nc(C)c(N2CCN(C)CC2)nc1C. The van der Waals surface area contributed by atoms with Crippen LogP contribution in [0.1, 0.15) is 17.1 Å². The quantitative estimate of drug-likeness (QED) is 0.711. The Kier molecular flexibility index (Phi) is 3.10. The summed E-state index contributed by atoms with van der Waals surface area (Å²) in [4.78, 5) is 13.9. The van der Waals surface area contributed by atoms with Crippen LogP contribution < -0.4 is 4.90 Å². The molecule has 1 aliphatic rings. The fourth-order valence-corrected chi connectivity index (χ4v) is 2.02. The second-order valence-corrected chi connectivity index (χ2v) is 4.59. The van der Waals surface area contributed by atoms with Crippen molar-refractivity contribution in [1.82, 2.24) is 14.9 Å². The topological polar surface area (TPSA) is 32.3 Å². The molecule has 16 heavy (non-hydrogen) atoms. The van der Waals surface area contributed by atoms with E-state index in [4.69, 9.17) is 0 Å². The molecule has 0 aliphatic carbocycles. The average molecular weight is 220 g/mol. The van der Waals surface area contributed by atoms with E-state index in [1.54, 1.807) is 0 Å². The third-order valence-electron chi connectivity index (χ3n) is 3.26. The van der Waals surface area contributed by atoms with E-state index in [0.717, 1.165) is 49.1 Å². The van der Waals surface area contributed by atoms with Gasteiger partial charge in [0.1, 0.15) is 5.82 Å². The van der Waals surface area contributed by atoms with Gasteiger partial charge in [-0.3, -0.25) is 4.98 Å². The summed E-state index contributed by atoms with van der Waals surface area (Å²) in [6, 6.07) is 0. The molecule has 0 amide bonds. The Morgan fingerprint density at radius 2 is 1.38 bits per heavy atom. The molecule has 0 radical (unpaired) electrons. The van der Waals surface area contributed by atoms with Crippen LogP contribution in [-0.4, -0.2) is 48.1 Å². The van der Waals surface area contributed by atoms with Crippen molar-refractivity contribution < 1.29 is 0 Å². The molecule has 88 valence electrons. The Labute approximate surface area is 97.3 Å². The van der Waals surface area contributed by atoms with Crippen LogP contribution >= 0.6 is 0 Å². The molecule has 4 nitrogen and oxygen atoms in total. The fourth-order valence-electron chi connectivity index (χ4n) is 2.02. The lowest BCUT2D eigenvalue weighted by atomic mass is 10.2. The number of anilines is 1. The predicted molar refractivity (Wildman–Crippen MR) is 66.0 cm³/mol. The number of aromatic nitrogens is 2. The van der Waals surface area contributed by atoms with Crippen molar-refractivity contribution in [1.29, 1.82) is 0 Å². The number of likely N-dealkylation sites (N-methyl/N-ethyl adjacent to an activating group) is 1. The molecule has 1 aromatic rings. The van der Waals surface area contributed by atoms with Gasteiger partial charge in [-0.05, 0) is 27.8 Å². The van der Waals surface area contributed by atoms with E-state index in [-0.39, 0.29) is 0 Å². The summed E-state index contributed by atoms with van der Waals surface area (Å²) in [6.45, 7) is 10.4. The largest absolute Gasteiger partial charge is 0.353 e. The van der Waals surface area contributed by atoms with Crippen molar-refractivity contribution in [3.63, 3.8) is 0 Å². The van der Waals surface area contributed by atoms with Gasteiger partial charge >= 0.3 is 0 Å². The zero-order valence-corrected chi connectivity index (χ0v) is 10.6. The average Bonchev–Trinajstić information content (AvgIpc) is 2.25. The second-order valence-electron chi connectivity index (χ2n) is 4.59. The van der Waals surface area contributed by atoms with Crippen LogP contribution in [0.4, 0.5) is 5.82 Å². The molecule has 4 heteroatoms. The minimum atomic E-state index is 1.04. The molecule has 1 aromatic heterocycles. The number of nitrogens with zero attached hydrogens (tertiary/aromatic N) is 4. The van der Waals surface area contributed by atoms with Crippen molar-refractivity contribution in [2.45, 2.75) is 20.8 Å². The second kappa shape index (κ2) is 4.37. The van der Waals surface area contributed by atoms with Gasteiger partial charge in [0.25, 0.3) is 0 Å². The number of aryl methyl sites for hydroxylation is 3. The van der Waals surface area contributed by atoms with Crippen molar-refractivity contribution in [3.8, 4) is 0 Å². The van der Waals surface area contributed by atoms with Crippen LogP contribution in [0.2, 0.25) is 0 Å². The van der Waals surface area contributed by atoms with E-state index in [2.05, 4.69) is 26.8 Å². The maximum absolute atomic E-state index is 4.67. The summed E-state index contributed by atoms with van der Waals surface area (Å²) in [5, 5.41) is 0. The third-order valence-corrected chi connectivity index (χ3v) is 3.26. The highest BCUT2D eigenvalue weighted by atomic mass is 15.3. The van der Waals surface area contributed by atoms with Crippen LogP contribution in [0.3, 0.4) is 0 Å². The Morgan fingerprint density at radius 1 is 0.812 bits per heavy atom. The monoisotopic (exact) mass is 220 g/mol. The van der Waals surface area contributed by atoms with Gasteiger partial charge < -0.3 is 9.80 Å². The summed E-state index contributed by atoms with van der Waals surface area (Å²) in [5.41, 5.74) is 3.13. The lowest BCUT2D eigenvalue weighted by molar-refractivity contribution is 0.311. The lowest BCUT2D eigenvalue weighted by Gasteiger charge is -2.33. The molecular weight excluding hydrogens is 200 g/mol. The van der Waals surface area contributed by atoms with E-state index < -0.39 is 0 Å². The predicted octanol–water partition coefficient (Wildman–Crippen LogP) is 1.15. The van der Waals surface area contributed by atoms with Crippen LogP contribution in [0, 0.1) is 20.8 Å². The highest BCUT2D eigenvalue weighted by Gasteiger charge is 2.18. The van der Waals surface area contributed by atoms with Gasteiger partial charge in [0, 0.05) is 26.2 Å². The minimum Gasteiger partial charge on any atom is -0.353 e. The summed E-state index contributed by atoms with van der Waals surface area (Å²) in [7, 11) is 2.16. The van der Waals surface area contributed by atoms with E-state index in [0.29, 0.717) is 0 Å². The van der Waals surface area contributed by atoms with Crippen molar-refractivity contribution in [2.24, 2.45) is 0 Å². The molecule has 0 unspecified atom stereocenters. The number of rotatable bonds is 1. The van der Waals surface area contributed by atoms with Crippen LogP contribution in [0.15, 0.2) is 0 Å². The van der Waals surface area contributed by atoms with Gasteiger partial charge in [-0.1, -0.05) is 0 Å². The molecule has 2 rings (SSSR count). The van der Waals surface area contributed by atoms with Gasteiger partial charge in [0.15, 0.2) is 0 Å². The Hall–Kier alpha value is -1.16. The van der Waals surface area contributed by atoms with E-state index in [1.807, 2.05) is 20.8 Å². The van der Waals surface area contributed by atoms with Gasteiger partial charge in [-0.2, -0.15) is 0 Å². The molecule has 0 saturated carbocycles. The molecule has 2 heterocycles. The molecule has 0 aromatic carbocycles. The van der Waals surface area contributed by atoms with Crippen LogP contribution in [0.5, 0.6) is 0 Å². The van der Waals surface area contributed by atoms with E-state index >= 15 is 0 Å². The first-order valence-corrected chi connectivity index (χ1v) is 5.83. The first kappa shape index (κ1) is 11.3. The molecule has 1 aliphatic heterocycles.